The Kier molecular flexibility index (Phi) is 2.78. The normalized spacial score (nSPS) is 14.2. The number of hydrogen-bond acceptors (Lipinski definition) is 3. The van der Waals surface area contributed by atoms with Crippen LogP contribution in [0.25, 0.3) is 0 Å². The van der Waals surface area contributed by atoms with E-state index < -0.39 is 5.82 Å². The van der Waals surface area contributed by atoms with Gasteiger partial charge in [0.05, 0.1) is 18.8 Å². The van der Waals surface area contributed by atoms with Crippen LogP contribution in [0, 0.1) is 17.1 Å². The van der Waals surface area contributed by atoms with Crippen molar-refractivity contribution < 1.29 is 13.9 Å². The van der Waals surface area contributed by atoms with Gasteiger partial charge in [-0.1, -0.05) is 0 Å². The molecule has 0 fully saturated rings. The highest BCUT2D eigenvalue weighted by atomic mass is 79.9. The van der Waals surface area contributed by atoms with Gasteiger partial charge in [0.15, 0.2) is 17.3 Å². The standard InChI is InChI=1S/C10H7BrFNO2/c11-8-9(12)6(5-13)4-7-10(8)15-3-1-2-14-7/h4H,1-3H2. The fraction of sp³-hybridized carbons (Fsp3) is 0.300. The van der Waals surface area contributed by atoms with E-state index in [4.69, 9.17) is 14.7 Å². The van der Waals surface area contributed by atoms with Crippen molar-refractivity contribution >= 4 is 15.9 Å². The maximum Gasteiger partial charge on any atom is 0.178 e. The average Bonchev–Trinajstić information content (AvgIpc) is 2.48. The summed E-state index contributed by atoms with van der Waals surface area (Å²) in [6, 6.07) is 3.13. The molecule has 1 aromatic carbocycles. The number of nitriles is 1. The van der Waals surface area contributed by atoms with Crippen molar-refractivity contribution in [2.75, 3.05) is 13.2 Å². The van der Waals surface area contributed by atoms with E-state index in [2.05, 4.69) is 15.9 Å². The van der Waals surface area contributed by atoms with Crippen LogP contribution in [0.2, 0.25) is 0 Å². The van der Waals surface area contributed by atoms with Crippen LogP contribution in [-0.4, -0.2) is 13.2 Å². The van der Waals surface area contributed by atoms with Gasteiger partial charge in [0.2, 0.25) is 0 Å². The third-order valence-corrected chi connectivity index (χ3v) is 2.75. The maximum atomic E-state index is 13.5. The SMILES string of the molecule is N#Cc1cc2c(c(Br)c1F)OCCCO2. The summed E-state index contributed by atoms with van der Waals surface area (Å²) in [5.74, 6) is 0.142. The topological polar surface area (TPSA) is 42.2 Å². The molecule has 2 rings (SSSR count). The number of nitrogens with zero attached hydrogens (tertiary/aromatic N) is 1. The minimum absolute atomic E-state index is 0.0499. The lowest BCUT2D eigenvalue weighted by Crippen LogP contribution is -1.97. The zero-order chi connectivity index (χ0) is 10.8. The summed E-state index contributed by atoms with van der Waals surface area (Å²) in [7, 11) is 0. The molecule has 0 aliphatic carbocycles. The summed E-state index contributed by atoms with van der Waals surface area (Å²) >= 11 is 3.06. The van der Waals surface area contributed by atoms with Crippen LogP contribution in [0.5, 0.6) is 11.5 Å². The molecule has 0 saturated heterocycles. The molecule has 1 heterocycles. The number of rotatable bonds is 0. The Hall–Kier alpha value is -1.28. The lowest BCUT2D eigenvalue weighted by Gasteiger charge is -2.10. The number of fused-ring (bicyclic) bond motifs is 1. The predicted octanol–water partition coefficient (Wildman–Crippen LogP) is 2.62. The quantitative estimate of drug-likeness (QED) is 0.729. The molecule has 0 radical (unpaired) electrons. The highest BCUT2D eigenvalue weighted by Crippen LogP contribution is 2.40. The average molecular weight is 272 g/mol. The van der Waals surface area contributed by atoms with Gasteiger partial charge in [-0.25, -0.2) is 4.39 Å². The Balaban J connectivity index is 2.59. The smallest absolute Gasteiger partial charge is 0.178 e. The van der Waals surface area contributed by atoms with E-state index in [1.807, 2.05) is 0 Å². The Labute approximate surface area is 94.5 Å². The van der Waals surface area contributed by atoms with Crippen molar-refractivity contribution in [1.82, 2.24) is 0 Å². The molecule has 1 aliphatic rings. The number of ether oxygens (including phenoxy) is 2. The summed E-state index contributed by atoms with van der Waals surface area (Å²) in [6.45, 7) is 0.993. The third-order valence-electron chi connectivity index (χ3n) is 2.04. The zero-order valence-electron chi connectivity index (χ0n) is 7.72. The van der Waals surface area contributed by atoms with E-state index in [9.17, 15) is 4.39 Å². The molecule has 78 valence electrons. The monoisotopic (exact) mass is 271 g/mol. The molecule has 0 bridgehead atoms. The van der Waals surface area contributed by atoms with Crippen LogP contribution < -0.4 is 9.47 Å². The summed E-state index contributed by atoms with van der Waals surface area (Å²) in [5.41, 5.74) is -0.0499. The van der Waals surface area contributed by atoms with Crippen molar-refractivity contribution in [3.8, 4) is 17.6 Å². The molecule has 0 unspecified atom stereocenters. The summed E-state index contributed by atoms with van der Waals surface area (Å²) < 4.78 is 24.4. The minimum atomic E-state index is -0.609. The van der Waals surface area contributed by atoms with Gasteiger partial charge in [0.25, 0.3) is 0 Å². The Morgan fingerprint density at radius 2 is 2.13 bits per heavy atom. The number of hydrogen-bond donors (Lipinski definition) is 0. The predicted molar refractivity (Wildman–Crippen MR) is 54.4 cm³/mol. The summed E-state index contributed by atoms with van der Waals surface area (Å²) in [5, 5.41) is 8.71. The lowest BCUT2D eigenvalue weighted by molar-refractivity contribution is 0.296. The highest BCUT2D eigenvalue weighted by Gasteiger charge is 2.20. The molecule has 0 N–H and O–H groups in total. The molecule has 0 atom stereocenters. The van der Waals surface area contributed by atoms with Crippen LogP contribution in [0.15, 0.2) is 10.5 Å². The molecule has 1 aliphatic heterocycles. The first kappa shape index (κ1) is 10.2. The van der Waals surface area contributed by atoms with Crippen molar-refractivity contribution in [3.63, 3.8) is 0 Å². The van der Waals surface area contributed by atoms with Crippen LogP contribution in [0.4, 0.5) is 4.39 Å². The van der Waals surface area contributed by atoms with Crippen molar-refractivity contribution in [2.45, 2.75) is 6.42 Å². The molecule has 0 aromatic heterocycles. The van der Waals surface area contributed by atoms with Crippen molar-refractivity contribution in [3.05, 3.63) is 21.9 Å². The number of benzene rings is 1. The molecular weight excluding hydrogens is 265 g/mol. The highest BCUT2D eigenvalue weighted by molar-refractivity contribution is 9.10. The molecule has 15 heavy (non-hydrogen) atoms. The van der Waals surface area contributed by atoms with E-state index in [1.165, 1.54) is 6.07 Å². The molecule has 5 heteroatoms. The van der Waals surface area contributed by atoms with Crippen molar-refractivity contribution in [1.29, 1.82) is 5.26 Å². The second-order valence-electron chi connectivity index (χ2n) is 3.04. The molecule has 0 spiro atoms. The molecule has 0 saturated carbocycles. The Morgan fingerprint density at radius 3 is 2.87 bits per heavy atom. The van der Waals surface area contributed by atoms with E-state index in [0.29, 0.717) is 24.7 Å². The minimum Gasteiger partial charge on any atom is -0.489 e. The van der Waals surface area contributed by atoms with Gasteiger partial charge in [-0.2, -0.15) is 5.26 Å². The van der Waals surface area contributed by atoms with Gasteiger partial charge in [0.1, 0.15) is 10.5 Å². The fourth-order valence-corrected chi connectivity index (χ4v) is 1.85. The fourth-order valence-electron chi connectivity index (χ4n) is 1.32. The first-order valence-electron chi connectivity index (χ1n) is 4.41. The van der Waals surface area contributed by atoms with Crippen LogP contribution in [0.3, 0.4) is 0 Å². The number of halogens is 2. The van der Waals surface area contributed by atoms with E-state index >= 15 is 0 Å². The maximum absolute atomic E-state index is 13.5. The van der Waals surface area contributed by atoms with Crippen molar-refractivity contribution in [2.24, 2.45) is 0 Å². The van der Waals surface area contributed by atoms with Gasteiger partial charge in [-0.15, -0.1) is 0 Å². The second kappa shape index (κ2) is 4.07. The van der Waals surface area contributed by atoms with Gasteiger partial charge in [0, 0.05) is 12.5 Å². The summed E-state index contributed by atoms with van der Waals surface area (Å²) in [6.07, 6.45) is 0.741. The van der Waals surface area contributed by atoms with E-state index in [-0.39, 0.29) is 10.0 Å². The third kappa shape index (κ3) is 1.77. The van der Waals surface area contributed by atoms with Gasteiger partial charge < -0.3 is 9.47 Å². The van der Waals surface area contributed by atoms with Crippen LogP contribution in [-0.2, 0) is 0 Å². The largest absolute Gasteiger partial charge is 0.489 e. The first-order valence-corrected chi connectivity index (χ1v) is 5.21. The second-order valence-corrected chi connectivity index (χ2v) is 3.83. The Morgan fingerprint density at radius 1 is 1.40 bits per heavy atom. The van der Waals surface area contributed by atoms with E-state index in [1.54, 1.807) is 6.07 Å². The van der Waals surface area contributed by atoms with Gasteiger partial charge in [-0.05, 0) is 15.9 Å². The molecule has 1 aromatic rings. The Bertz CT molecular complexity index is 442. The summed E-state index contributed by atoms with van der Waals surface area (Å²) in [4.78, 5) is 0. The van der Waals surface area contributed by atoms with Gasteiger partial charge in [-0.3, -0.25) is 0 Å². The molecular formula is C10H7BrFNO2. The first-order chi connectivity index (χ1) is 7.24. The molecule has 3 nitrogen and oxygen atoms in total. The van der Waals surface area contributed by atoms with Crippen LogP contribution >= 0.6 is 15.9 Å². The van der Waals surface area contributed by atoms with Crippen LogP contribution in [0.1, 0.15) is 12.0 Å². The van der Waals surface area contributed by atoms with E-state index in [0.717, 1.165) is 6.42 Å². The van der Waals surface area contributed by atoms with Gasteiger partial charge >= 0.3 is 0 Å². The lowest BCUT2D eigenvalue weighted by atomic mass is 10.2. The molecule has 0 amide bonds. The zero-order valence-corrected chi connectivity index (χ0v) is 9.30.